The van der Waals surface area contributed by atoms with E-state index in [0.29, 0.717) is 41.4 Å². The minimum atomic E-state index is -4.75. The monoisotopic (exact) mass is 1160 g/mol. The SMILES string of the molecule is CC(C)CSc1ccccc1Cc1ccc(C#N)cc1C(F)(F)F.CC(C)CSc1ccccc1O.CC(C)CSc1ccccc1Oc1ccc(-c2noc(CCl)n2)cc1C(F)(F)F.N#Cc1ccc(F)c(C(F)(F)F)c1. The van der Waals surface area contributed by atoms with E-state index in [-0.39, 0.29) is 52.0 Å². The van der Waals surface area contributed by atoms with Crippen molar-refractivity contribution in [1.29, 1.82) is 10.5 Å². The number of benzene rings is 6. The number of rotatable bonds is 15. The standard InChI is InChI=1S/C20H18ClF3N2O2S.C19H18F3NS.C10H14OS.C8H3F4N/c1-12(2)11-29-17-6-4-3-5-16(17)27-15-8-7-13(9-14(15)20(22,23)24)19-25-18(10-21)28-26-19;1-13(2)12-24-18-6-4-3-5-16(18)10-15-8-7-14(11-23)9-17(15)19(20,21)22;1-8(2)7-12-10-6-4-3-5-9(10)11;9-7-2-1-5(4-13)3-6(7)8(10,11)12/h3-9,12H,10-11H2,1-2H3;3-9,13H,10,12H2,1-2H3;3-6,8,11H,7H2,1-2H3;1-3H. The Kier molecular flexibility index (Phi) is 24.8. The number of para-hydroxylation sites is 2. The molecule has 0 fully saturated rings. The van der Waals surface area contributed by atoms with Gasteiger partial charge in [0.2, 0.25) is 11.7 Å². The van der Waals surface area contributed by atoms with E-state index in [9.17, 15) is 49.0 Å². The highest BCUT2D eigenvalue weighted by atomic mass is 35.5. The minimum Gasteiger partial charge on any atom is -0.507 e. The van der Waals surface area contributed by atoms with Gasteiger partial charge in [-0.3, -0.25) is 0 Å². The van der Waals surface area contributed by atoms with Crippen molar-refractivity contribution >= 4 is 46.9 Å². The molecule has 0 unspecified atom stereocenters. The zero-order valence-electron chi connectivity index (χ0n) is 42.8. The van der Waals surface area contributed by atoms with Crippen LogP contribution in [0.4, 0.5) is 43.9 Å². The maximum Gasteiger partial charge on any atom is 0.420 e. The van der Waals surface area contributed by atoms with E-state index in [1.807, 2.05) is 54.6 Å². The van der Waals surface area contributed by atoms with Crippen LogP contribution in [0.3, 0.4) is 0 Å². The Bertz CT molecular complexity index is 3120. The summed E-state index contributed by atoms with van der Waals surface area (Å²) in [6.07, 6.45) is -13.6. The van der Waals surface area contributed by atoms with Crippen LogP contribution in [0.15, 0.2) is 147 Å². The van der Waals surface area contributed by atoms with Gasteiger partial charge in [0.25, 0.3) is 0 Å². The molecular formula is C57H53ClF10N4O3S3. The fraction of sp³-hybridized carbons (Fsp3) is 0.298. The molecule has 1 N–H and O–H groups in total. The van der Waals surface area contributed by atoms with Gasteiger partial charge >= 0.3 is 18.5 Å². The molecule has 1 aromatic heterocycles. The number of thioether (sulfide) groups is 3. The summed E-state index contributed by atoms with van der Waals surface area (Å²) in [6.45, 7) is 12.7. The predicted octanol–water partition coefficient (Wildman–Crippen LogP) is 18.8. The number of hydrogen-bond donors (Lipinski definition) is 1. The lowest BCUT2D eigenvalue weighted by atomic mass is 9.97. The van der Waals surface area contributed by atoms with Crippen molar-refractivity contribution in [2.75, 3.05) is 17.3 Å². The number of aromatic hydroxyl groups is 1. The first-order chi connectivity index (χ1) is 36.7. The molecule has 7 nitrogen and oxygen atoms in total. The van der Waals surface area contributed by atoms with Crippen LogP contribution in [0, 0.1) is 46.2 Å². The van der Waals surface area contributed by atoms with Crippen LogP contribution in [0.1, 0.15) is 86.4 Å². The maximum atomic E-state index is 13.7. The lowest BCUT2D eigenvalue weighted by Gasteiger charge is -2.16. The summed E-state index contributed by atoms with van der Waals surface area (Å²) in [6, 6.07) is 34.9. The van der Waals surface area contributed by atoms with Crippen LogP contribution in [0.25, 0.3) is 11.4 Å². The zero-order valence-corrected chi connectivity index (χ0v) is 46.0. The summed E-state index contributed by atoms with van der Waals surface area (Å²) >= 11 is 10.5. The predicted molar refractivity (Wildman–Crippen MR) is 287 cm³/mol. The van der Waals surface area contributed by atoms with Crippen molar-refractivity contribution in [3.05, 3.63) is 178 Å². The second kappa shape index (κ2) is 30.2. The van der Waals surface area contributed by atoms with Crippen molar-refractivity contribution < 1.29 is 58.3 Å². The number of halogens is 11. The number of nitriles is 2. The van der Waals surface area contributed by atoms with Gasteiger partial charge < -0.3 is 14.4 Å². The Morgan fingerprint density at radius 2 is 1.08 bits per heavy atom. The first-order valence-electron chi connectivity index (χ1n) is 23.7. The molecule has 0 radical (unpaired) electrons. The molecule has 1 heterocycles. The van der Waals surface area contributed by atoms with Gasteiger partial charge in [0.15, 0.2) is 0 Å². The van der Waals surface area contributed by atoms with Gasteiger partial charge in [-0.05, 0) is 114 Å². The molecule has 0 aliphatic carbocycles. The number of aromatic nitrogens is 2. The normalized spacial score (nSPS) is 11.4. The van der Waals surface area contributed by atoms with E-state index in [1.54, 1.807) is 59.6 Å². The van der Waals surface area contributed by atoms with Crippen molar-refractivity contribution in [3.63, 3.8) is 0 Å². The Morgan fingerprint density at radius 1 is 0.577 bits per heavy atom. The highest BCUT2D eigenvalue weighted by Crippen LogP contribution is 2.43. The number of ether oxygens (including phenoxy) is 1. The number of alkyl halides is 10. The van der Waals surface area contributed by atoms with Gasteiger partial charge in [-0.2, -0.15) is 55.0 Å². The maximum absolute atomic E-state index is 13.7. The second-order valence-corrected chi connectivity index (χ2v) is 21.5. The van der Waals surface area contributed by atoms with Crippen molar-refractivity contribution in [2.45, 2.75) is 87.1 Å². The minimum absolute atomic E-state index is 0.0218. The Balaban J connectivity index is 0.000000239. The molecule has 0 spiro atoms. The van der Waals surface area contributed by atoms with Crippen molar-refractivity contribution in [3.8, 4) is 40.8 Å². The molecule has 6 aromatic carbocycles. The van der Waals surface area contributed by atoms with Gasteiger partial charge in [-0.15, -0.1) is 46.9 Å². The molecular weight excluding hydrogens is 1110 g/mol. The first-order valence-corrected chi connectivity index (χ1v) is 27.2. The van der Waals surface area contributed by atoms with E-state index in [0.717, 1.165) is 55.7 Å². The molecule has 7 aromatic rings. The zero-order chi connectivity index (χ0) is 57.8. The van der Waals surface area contributed by atoms with E-state index < -0.39 is 41.0 Å². The summed E-state index contributed by atoms with van der Waals surface area (Å²) < 4.78 is 140. The molecule has 0 amide bonds. The molecule has 0 bridgehead atoms. The average Bonchev–Trinajstić information content (AvgIpc) is 3.89. The number of phenolic OH excluding ortho intramolecular Hbond substituents is 1. The van der Waals surface area contributed by atoms with E-state index in [2.05, 4.69) is 51.7 Å². The number of nitrogens with zero attached hydrogens (tertiary/aromatic N) is 4. The largest absolute Gasteiger partial charge is 0.507 e. The van der Waals surface area contributed by atoms with Crippen LogP contribution in [0.5, 0.6) is 17.2 Å². The molecule has 0 aliphatic rings. The quantitative estimate of drug-likeness (QED) is 0.0604. The van der Waals surface area contributed by atoms with Gasteiger partial charge in [-0.25, -0.2) is 4.39 Å². The van der Waals surface area contributed by atoms with Gasteiger partial charge in [0, 0.05) is 32.6 Å². The van der Waals surface area contributed by atoms with Gasteiger partial charge in [-0.1, -0.05) is 95.2 Å². The molecule has 0 atom stereocenters. The van der Waals surface area contributed by atoms with Crippen molar-refractivity contribution in [2.24, 2.45) is 17.8 Å². The van der Waals surface area contributed by atoms with E-state index >= 15 is 0 Å². The molecule has 21 heteroatoms. The highest BCUT2D eigenvalue weighted by Gasteiger charge is 2.37. The van der Waals surface area contributed by atoms with E-state index in [4.69, 9.17) is 31.4 Å². The van der Waals surface area contributed by atoms with Crippen LogP contribution >= 0.6 is 46.9 Å². The molecule has 78 heavy (non-hydrogen) atoms. The fourth-order valence-corrected chi connectivity index (χ4v) is 9.36. The van der Waals surface area contributed by atoms with Crippen LogP contribution in [-0.4, -0.2) is 32.5 Å². The van der Waals surface area contributed by atoms with Gasteiger partial charge in [0.1, 0.15) is 28.9 Å². The Morgan fingerprint density at radius 3 is 1.62 bits per heavy atom. The third kappa shape index (κ3) is 20.8. The first kappa shape index (κ1) is 64.2. The van der Waals surface area contributed by atoms with Crippen LogP contribution < -0.4 is 4.74 Å². The fourth-order valence-electron chi connectivity index (χ4n) is 6.40. The van der Waals surface area contributed by atoms with Crippen molar-refractivity contribution in [1.82, 2.24) is 10.1 Å². The Labute approximate surface area is 464 Å². The molecule has 0 saturated heterocycles. The third-order valence-electron chi connectivity index (χ3n) is 10.1. The lowest BCUT2D eigenvalue weighted by Crippen LogP contribution is -2.10. The van der Waals surface area contributed by atoms with Crippen LogP contribution in [-0.2, 0) is 30.8 Å². The third-order valence-corrected chi connectivity index (χ3v) is 14.8. The average molecular weight is 1160 g/mol. The molecule has 7 rings (SSSR count). The summed E-state index contributed by atoms with van der Waals surface area (Å²) in [5.41, 5.74) is -2.03. The summed E-state index contributed by atoms with van der Waals surface area (Å²) in [5.74, 6) is 3.64. The summed E-state index contributed by atoms with van der Waals surface area (Å²) in [5, 5.41) is 30.2. The Hall–Kier alpha value is -6.32. The smallest absolute Gasteiger partial charge is 0.420 e. The summed E-state index contributed by atoms with van der Waals surface area (Å²) in [4.78, 5) is 6.73. The highest BCUT2D eigenvalue weighted by molar-refractivity contribution is 7.99. The second-order valence-electron chi connectivity index (χ2n) is 18.1. The number of phenols is 1. The van der Waals surface area contributed by atoms with Gasteiger partial charge in [0.05, 0.1) is 44.9 Å². The summed E-state index contributed by atoms with van der Waals surface area (Å²) in [7, 11) is 0. The lowest BCUT2D eigenvalue weighted by molar-refractivity contribution is -0.140. The molecule has 414 valence electrons. The molecule has 0 saturated carbocycles. The van der Waals surface area contributed by atoms with E-state index in [1.165, 1.54) is 30.3 Å². The van der Waals surface area contributed by atoms with Crippen LogP contribution in [0.2, 0.25) is 0 Å². The topological polar surface area (TPSA) is 116 Å². The molecule has 0 aliphatic heterocycles. The number of hydrogen-bond acceptors (Lipinski definition) is 10.